The van der Waals surface area contributed by atoms with Crippen molar-refractivity contribution in [2.75, 3.05) is 25.7 Å². The Hall–Kier alpha value is -4.66. The average molecular weight is 1200 g/mol. The lowest BCUT2D eigenvalue weighted by atomic mass is 9.89. The molecule has 78 heavy (non-hydrogen) atoms. The average Bonchev–Trinajstić information content (AvgIpc) is 4.39. The van der Waals surface area contributed by atoms with E-state index in [-0.39, 0.29) is 23.3 Å². The fraction of sp³-hybridized carbons (Fsp3) is 0.500. The van der Waals surface area contributed by atoms with Crippen LogP contribution in [-0.4, -0.2) is 120 Å². The Morgan fingerprint density at radius 2 is 0.872 bits per heavy atom. The number of carbonyl (C=O) groups excluding carboxylic acids is 2. The fourth-order valence-electron chi connectivity index (χ4n) is 9.88. The van der Waals surface area contributed by atoms with Gasteiger partial charge in [-0.2, -0.15) is 0 Å². The first kappa shape index (κ1) is 61.0. The van der Waals surface area contributed by atoms with Crippen molar-refractivity contribution in [1.82, 2.24) is 9.80 Å². The van der Waals surface area contributed by atoms with Crippen molar-refractivity contribution in [3.63, 3.8) is 0 Å². The Bertz CT molecular complexity index is 2880. The van der Waals surface area contributed by atoms with E-state index >= 15 is 0 Å². The van der Waals surface area contributed by atoms with Gasteiger partial charge in [-0.05, 0) is 150 Å². The molecule has 4 aliphatic rings. The number of sulfone groups is 2. The highest BCUT2D eigenvalue weighted by molar-refractivity contribution is 7.93. The Morgan fingerprint density at radius 3 is 1.13 bits per heavy atom. The normalized spacial score (nSPS) is 23.0. The number of amides is 2. The molecule has 0 spiro atoms. The second-order valence-electron chi connectivity index (χ2n) is 22.2. The van der Waals surface area contributed by atoms with E-state index in [4.69, 9.17) is 65.4 Å². The SMILES string of the molecule is COc1ccc([C@H]2O[C@@H](CC(=O)O)C(=O)N([C@H](CS(=O)(=O)C(C)(C)C)C3CC3)[C@@H]2c2ccc(Cl)cc2)cc1Cl.COc1ccc([C@H]2O[C@H](CC(=O)O)C(=O)N([C@H](CS(=O)(=O)C(C)(C)C)C3CC3)[C@@H]2c2ccc(Cl)cc2)cc1Cl. The summed E-state index contributed by atoms with van der Waals surface area (Å²) in [6.45, 7) is 9.83. The monoisotopic (exact) mass is 1190 g/mol. The summed E-state index contributed by atoms with van der Waals surface area (Å²) in [5.74, 6) is -3.16. The third kappa shape index (κ3) is 13.9. The smallest absolute Gasteiger partial charge is 0.306 e. The molecule has 2 saturated carbocycles. The molecule has 8 rings (SSSR count). The van der Waals surface area contributed by atoms with E-state index in [9.17, 15) is 46.2 Å². The van der Waals surface area contributed by atoms with Crippen molar-refractivity contribution in [3.8, 4) is 11.5 Å². The summed E-state index contributed by atoms with van der Waals surface area (Å²) in [5, 5.41) is 20.8. The summed E-state index contributed by atoms with van der Waals surface area (Å²) in [6.07, 6.45) is -2.35. The number of halogens is 4. The Kier molecular flexibility index (Phi) is 18.9. The van der Waals surface area contributed by atoms with Gasteiger partial charge in [0.2, 0.25) is 0 Å². The second-order valence-corrected chi connectivity index (χ2v) is 29.4. The number of morpholine rings is 2. The van der Waals surface area contributed by atoms with Crippen LogP contribution in [-0.2, 0) is 48.3 Å². The Labute approximate surface area is 476 Å². The van der Waals surface area contributed by atoms with Crippen molar-refractivity contribution >= 4 is 89.8 Å². The Morgan fingerprint density at radius 1 is 0.564 bits per heavy atom. The van der Waals surface area contributed by atoms with E-state index in [2.05, 4.69) is 0 Å². The molecular formula is C56H66Cl4N2O14S2. The van der Waals surface area contributed by atoms with Crippen LogP contribution in [0.3, 0.4) is 0 Å². The fourth-order valence-corrected chi connectivity index (χ4v) is 13.4. The first-order valence-corrected chi connectivity index (χ1v) is 30.3. The number of methoxy groups -OCH3 is 2. The topological polar surface area (TPSA) is 220 Å². The molecule has 4 fully saturated rings. The standard InChI is InChI=1S/2C28H33Cl2NO7S/c2*1-28(2,3)39(35,36)15-21(16-5-6-16)31-25(17-7-10-19(29)11-8-17)26(38-23(27(31)34)14-24(32)33)18-9-12-22(37-4)20(30)13-18/h2*7-13,16,21,23,25-26H,5-6,14-15H2,1-4H3,(H,32,33)/t21-,23+,25-,26-;21-,23-,25-,26-/m11/s1. The Balaban J connectivity index is 0.000000226. The predicted molar refractivity (Wildman–Crippen MR) is 298 cm³/mol. The molecule has 0 unspecified atom stereocenters. The van der Waals surface area contributed by atoms with Crippen molar-refractivity contribution < 1.29 is 65.2 Å². The minimum Gasteiger partial charge on any atom is -0.495 e. The van der Waals surface area contributed by atoms with E-state index in [0.29, 0.717) is 53.8 Å². The van der Waals surface area contributed by atoms with Gasteiger partial charge in [0, 0.05) is 22.1 Å². The molecule has 4 aromatic carbocycles. The van der Waals surface area contributed by atoms with Crippen molar-refractivity contribution in [2.45, 2.75) is 138 Å². The largest absolute Gasteiger partial charge is 0.495 e. The highest BCUT2D eigenvalue weighted by atomic mass is 35.5. The number of hydrogen-bond donors (Lipinski definition) is 2. The van der Waals surface area contributed by atoms with Gasteiger partial charge >= 0.3 is 11.9 Å². The summed E-state index contributed by atoms with van der Waals surface area (Å²) in [4.78, 5) is 54.8. The molecule has 0 bridgehead atoms. The van der Waals surface area contributed by atoms with Crippen LogP contribution in [0.2, 0.25) is 20.1 Å². The van der Waals surface area contributed by atoms with Crippen molar-refractivity contribution in [2.24, 2.45) is 11.8 Å². The zero-order valence-electron chi connectivity index (χ0n) is 44.5. The molecule has 0 radical (unpaired) electrons. The van der Waals surface area contributed by atoms with Gasteiger partial charge in [-0.1, -0.05) is 82.8 Å². The molecule has 2 heterocycles. The highest BCUT2D eigenvalue weighted by Gasteiger charge is 2.54. The molecular weight excluding hydrogens is 1130 g/mol. The number of carboxylic acids is 2. The van der Waals surface area contributed by atoms with E-state index in [1.165, 1.54) is 14.2 Å². The van der Waals surface area contributed by atoms with E-state index < -0.39 is 114 Å². The van der Waals surface area contributed by atoms with Gasteiger partial charge in [0.1, 0.15) is 35.9 Å². The van der Waals surface area contributed by atoms with Crippen LogP contribution < -0.4 is 9.47 Å². The molecule has 4 aromatic rings. The first-order chi connectivity index (χ1) is 36.5. The van der Waals surface area contributed by atoms with Crippen LogP contribution in [0, 0.1) is 11.8 Å². The molecule has 0 aromatic heterocycles. The van der Waals surface area contributed by atoms with Crippen LogP contribution in [0.4, 0.5) is 0 Å². The number of carbonyl (C=O) groups is 4. The van der Waals surface area contributed by atoms with Crippen LogP contribution in [0.15, 0.2) is 84.9 Å². The van der Waals surface area contributed by atoms with Gasteiger partial charge in [0.25, 0.3) is 11.8 Å². The maximum absolute atomic E-state index is 14.0. The lowest BCUT2D eigenvalue weighted by molar-refractivity contribution is -0.183. The van der Waals surface area contributed by atoms with E-state index in [1.54, 1.807) is 136 Å². The van der Waals surface area contributed by atoms with Crippen molar-refractivity contribution in [3.05, 3.63) is 127 Å². The third-order valence-electron chi connectivity index (χ3n) is 14.7. The minimum atomic E-state index is -3.64. The van der Waals surface area contributed by atoms with Crippen LogP contribution in [0.1, 0.15) is 127 Å². The third-order valence-corrected chi connectivity index (χ3v) is 21.1. The van der Waals surface area contributed by atoms with Gasteiger partial charge in [0.05, 0.1) is 70.2 Å². The highest BCUT2D eigenvalue weighted by Crippen LogP contribution is 2.51. The molecule has 22 heteroatoms. The van der Waals surface area contributed by atoms with Gasteiger partial charge in [-0.25, -0.2) is 16.8 Å². The molecule has 424 valence electrons. The van der Waals surface area contributed by atoms with Gasteiger partial charge in [-0.3, -0.25) is 19.2 Å². The summed E-state index contributed by atoms with van der Waals surface area (Å²) in [6, 6.07) is 21.2. The molecule has 2 aliphatic carbocycles. The second kappa shape index (κ2) is 24.2. The number of benzene rings is 4. The molecule has 16 nitrogen and oxygen atoms in total. The number of hydrogen-bond acceptors (Lipinski definition) is 12. The zero-order valence-corrected chi connectivity index (χ0v) is 49.2. The summed E-state index contributed by atoms with van der Waals surface area (Å²) < 4.78 is 74.8. The molecule has 2 N–H and O–H groups in total. The molecule has 2 aliphatic heterocycles. The lowest BCUT2D eigenvalue weighted by Crippen LogP contribution is -2.58. The summed E-state index contributed by atoms with van der Waals surface area (Å²) >= 11 is 25.3. The maximum atomic E-state index is 14.0. The van der Waals surface area contributed by atoms with Crippen LogP contribution >= 0.6 is 46.4 Å². The van der Waals surface area contributed by atoms with Gasteiger partial charge in [-0.15, -0.1) is 0 Å². The number of nitrogens with zero attached hydrogens (tertiary/aromatic N) is 2. The minimum absolute atomic E-state index is 0.0374. The van der Waals surface area contributed by atoms with E-state index in [0.717, 1.165) is 25.7 Å². The molecule has 2 amide bonds. The predicted octanol–water partition coefficient (Wildman–Crippen LogP) is 11.0. The van der Waals surface area contributed by atoms with Gasteiger partial charge in [0.15, 0.2) is 19.7 Å². The number of rotatable bonds is 18. The van der Waals surface area contributed by atoms with Gasteiger partial charge < -0.3 is 39.0 Å². The summed E-state index contributed by atoms with van der Waals surface area (Å²) in [5.41, 5.74) is 2.55. The van der Waals surface area contributed by atoms with Crippen LogP contribution in [0.25, 0.3) is 0 Å². The molecule has 2 saturated heterocycles. The maximum Gasteiger partial charge on any atom is 0.306 e. The quantitative estimate of drug-likeness (QED) is 0.0947. The number of ether oxygens (including phenoxy) is 4. The van der Waals surface area contributed by atoms with E-state index in [1.807, 2.05) is 0 Å². The molecule has 8 atom stereocenters. The van der Waals surface area contributed by atoms with Crippen LogP contribution in [0.5, 0.6) is 11.5 Å². The number of aliphatic carboxylic acids is 2. The van der Waals surface area contributed by atoms with Crippen molar-refractivity contribution in [1.29, 1.82) is 0 Å². The number of carboxylic acid groups (broad SMARTS) is 2. The zero-order chi connectivity index (χ0) is 57.4. The summed E-state index contributed by atoms with van der Waals surface area (Å²) in [7, 11) is -4.28. The first-order valence-electron chi connectivity index (χ1n) is 25.5. The lowest BCUT2D eigenvalue weighted by Gasteiger charge is -2.48.